The standard InChI is InChI=1S/C20H21N3O2S/c1-14-4-8-16(9-5-14)22-19(24)13-26-20-21-12-18(23(20)2)15-6-10-17(25-3)11-7-15/h4-12H,13H2,1-3H3,(H,22,24). The van der Waals surface area contributed by atoms with E-state index in [2.05, 4.69) is 10.3 Å². The van der Waals surface area contributed by atoms with Crippen molar-refractivity contribution in [1.82, 2.24) is 9.55 Å². The number of benzene rings is 2. The number of anilines is 1. The minimum Gasteiger partial charge on any atom is -0.497 e. The van der Waals surface area contributed by atoms with E-state index in [-0.39, 0.29) is 5.91 Å². The van der Waals surface area contributed by atoms with Gasteiger partial charge in [-0.3, -0.25) is 4.79 Å². The van der Waals surface area contributed by atoms with Crippen LogP contribution >= 0.6 is 11.8 Å². The van der Waals surface area contributed by atoms with E-state index in [1.165, 1.54) is 11.8 Å². The third kappa shape index (κ3) is 4.26. The largest absolute Gasteiger partial charge is 0.497 e. The lowest BCUT2D eigenvalue weighted by atomic mass is 10.1. The molecule has 0 bridgehead atoms. The summed E-state index contributed by atoms with van der Waals surface area (Å²) in [6.45, 7) is 2.02. The molecule has 0 atom stereocenters. The second-order valence-electron chi connectivity index (χ2n) is 5.92. The minimum atomic E-state index is -0.0483. The molecule has 3 aromatic rings. The van der Waals surface area contributed by atoms with Crippen LogP contribution in [0.4, 0.5) is 5.69 Å². The van der Waals surface area contributed by atoms with Crippen molar-refractivity contribution < 1.29 is 9.53 Å². The topological polar surface area (TPSA) is 56.1 Å². The van der Waals surface area contributed by atoms with Gasteiger partial charge >= 0.3 is 0 Å². The van der Waals surface area contributed by atoms with E-state index in [1.54, 1.807) is 7.11 Å². The molecule has 0 spiro atoms. The summed E-state index contributed by atoms with van der Waals surface area (Å²) in [5.41, 5.74) is 4.02. The molecule has 0 saturated heterocycles. The maximum Gasteiger partial charge on any atom is 0.234 e. The number of aryl methyl sites for hydroxylation is 1. The first-order chi connectivity index (χ1) is 12.6. The van der Waals surface area contributed by atoms with Gasteiger partial charge in [-0.1, -0.05) is 29.5 Å². The molecule has 0 unspecified atom stereocenters. The molecule has 1 N–H and O–H groups in total. The van der Waals surface area contributed by atoms with Crippen LogP contribution in [0.25, 0.3) is 11.3 Å². The number of hydrogen-bond donors (Lipinski definition) is 1. The summed E-state index contributed by atoms with van der Waals surface area (Å²) in [6.07, 6.45) is 1.82. The molecule has 1 aromatic heterocycles. The van der Waals surface area contributed by atoms with Crippen LogP contribution in [0.5, 0.6) is 5.75 Å². The number of ether oxygens (including phenoxy) is 1. The molecule has 0 saturated carbocycles. The Bertz CT molecular complexity index is 886. The Morgan fingerprint density at radius 2 is 1.85 bits per heavy atom. The lowest BCUT2D eigenvalue weighted by molar-refractivity contribution is -0.113. The Hall–Kier alpha value is -2.73. The number of amides is 1. The van der Waals surface area contributed by atoms with Gasteiger partial charge in [0.2, 0.25) is 5.91 Å². The molecule has 1 heterocycles. The molecule has 2 aromatic carbocycles. The number of carbonyl (C=O) groups is 1. The lowest BCUT2D eigenvalue weighted by Gasteiger charge is -2.07. The average Bonchev–Trinajstić information content (AvgIpc) is 3.02. The fourth-order valence-corrected chi connectivity index (χ4v) is 3.27. The van der Waals surface area contributed by atoms with Crippen molar-refractivity contribution in [2.75, 3.05) is 18.2 Å². The third-order valence-electron chi connectivity index (χ3n) is 4.00. The molecule has 0 fully saturated rings. The maximum atomic E-state index is 12.1. The molecule has 0 aliphatic heterocycles. The highest BCUT2D eigenvalue weighted by Crippen LogP contribution is 2.26. The van der Waals surface area contributed by atoms with Crippen LogP contribution in [0.2, 0.25) is 0 Å². The monoisotopic (exact) mass is 367 g/mol. The summed E-state index contributed by atoms with van der Waals surface area (Å²) in [6, 6.07) is 15.6. The Morgan fingerprint density at radius 3 is 2.50 bits per heavy atom. The van der Waals surface area contributed by atoms with Gasteiger partial charge in [0.1, 0.15) is 5.75 Å². The highest BCUT2D eigenvalue weighted by Gasteiger charge is 2.11. The van der Waals surface area contributed by atoms with Crippen molar-refractivity contribution in [2.45, 2.75) is 12.1 Å². The van der Waals surface area contributed by atoms with Crippen molar-refractivity contribution in [3.05, 3.63) is 60.3 Å². The smallest absolute Gasteiger partial charge is 0.234 e. The molecule has 134 valence electrons. The molecular formula is C20H21N3O2S. The fraction of sp³-hybridized carbons (Fsp3) is 0.200. The SMILES string of the molecule is COc1ccc(-c2cnc(SCC(=O)Nc3ccc(C)cc3)n2C)cc1. The summed E-state index contributed by atoms with van der Waals surface area (Å²) in [7, 11) is 3.60. The predicted octanol–water partition coefficient (Wildman–Crippen LogP) is 4.13. The van der Waals surface area contributed by atoms with Crippen molar-refractivity contribution in [3.63, 3.8) is 0 Å². The van der Waals surface area contributed by atoms with Crippen LogP contribution in [0, 0.1) is 6.92 Å². The van der Waals surface area contributed by atoms with Gasteiger partial charge in [-0.05, 0) is 43.3 Å². The highest BCUT2D eigenvalue weighted by atomic mass is 32.2. The van der Waals surface area contributed by atoms with Gasteiger partial charge in [-0.25, -0.2) is 4.98 Å². The molecule has 1 amide bonds. The van der Waals surface area contributed by atoms with Crippen LogP contribution in [-0.4, -0.2) is 28.3 Å². The summed E-state index contributed by atoms with van der Waals surface area (Å²) in [5.74, 6) is 1.08. The van der Waals surface area contributed by atoms with Crippen molar-refractivity contribution in [3.8, 4) is 17.0 Å². The highest BCUT2D eigenvalue weighted by molar-refractivity contribution is 7.99. The molecule has 0 radical (unpaired) electrons. The van der Waals surface area contributed by atoms with Gasteiger partial charge in [0.05, 0.1) is 24.8 Å². The number of thioether (sulfide) groups is 1. The number of aromatic nitrogens is 2. The van der Waals surface area contributed by atoms with Gasteiger partial charge in [0.25, 0.3) is 0 Å². The Labute approximate surface area is 157 Å². The fourth-order valence-electron chi connectivity index (χ4n) is 2.52. The number of imidazole rings is 1. The second-order valence-corrected chi connectivity index (χ2v) is 6.86. The normalized spacial score (nSPS) is 10.6. The van der Waals surface area contributed by atoms with Gasteiger partial charge in [0.15, 0.2) is 5.16 Å². The van der Waals surface area contributed by atoms with Crippen LogP contribution in [0.1, 0.15) is 5.56 Å². The summed E-state index contributed by atoms with van der Waals surface area (Å²) in [4.78, 5) is 16.6. The first-order valence-corrected chi connectivity index (χ1v) is 9.21. The van der Waals surface area contributed by atoms with Crippen molar-refractivity contribution in [2.24, 2.45) is 7.05 Å². The third-order valence-corrected chi connectivity index (χ3v) is 5.04. The number of carbonyl (C=O) groups excluding carboxylic acids is 1. The van der Waals surface area contributed by atoms with Gasteiger partial charge in [-0.2, -0.15) is 0 Å². The van der Waals surface area contributed by atoms with Gasteiger partial charge < -0.3 is 14.6 Å². The van der Waals surface area contributed by atoms with E-state index in [9.17, 15) is 4.79 Å². The van der Waals surface area contributed by atoms with E-state index in [4.69, 9.17) is 4.74 Å². The van der Waals surface area contributed by atoms with Crippen LogP contribution in [0.15, 0.2) is 59.9 Å². The van der Waals surface area contributed by atoms with Crippen molar-refractivity contribution >= 4 is 23.4 Å². The molecule has 26 heavy (non-hydrogen) atoms. The van der Waals surface area contributed by atoms with Crippen molar-refractivity contribution in [1.29, 1.82) is 0 Å². The van der Waals surface area contributed by atoms with Gasteiger partial charge in [0, 0.05) is 18.3 Å². The molecule has 3 rings (SSSR count). The van der Waals surface area contributed by atoms with Crippen LogP contribution < -0.4 is 10.1 Å². The lowest BCUT2D eigenvalue weighted by Crippen LogP contribution is -2.14. The molecule has 6 heteroatoms. The average molecular weight is 367 g/mol. The zero-order valence-electron chi connectivity index (χ0n) is 15.0. The summed E-state index contributed by atoms with van der Waals surface area (Å²) < 4.78 is 7.18. The molecule has 0 aliphatic rings. The molecule has 0 aliphatic carbocycles. The number of rotatable bonds is 6. The maximum absolute atomic E-state index is 12.1. The zero-order valence-corrected chi connectivity index (χ0v) is 15.8. The first-order valence-electron chi connectivity index (χ1n) is 8.22. The van der Waals surface area contributed by atoms with E-state index < -0.39 is 0 Å². The minimum absolute atomic E-state index is 0.0483. The van der Waals surface area contributed by atoms with Gasteiger partial charge in [-0.15, -0.1) is 0 Å². The van der Waals surface area contributed by atoms with Crippen LogP contribution in [-0.2, 0) is 11.8 Å². The van der Waals surface area contributed by atoms with E-state index in [1.807, 2.05) is 73.3 Å². The number of nitrogens with one attached hydrogen (secondary N) is 1. The Kier molecular flexibility index (Phi) is 5.63. The molecular weight excluding hydrogens is 346 g/mol. The van der Waals surface area contributed by atoms with E-state index in [0.29, 0.717) is 5.75 Å². The first kappa shape index (κ1) is 18.1. The molecule has 5 nitrogen and oxygen atoms in total. The van der Waals surface area contributed by atoms with E-state index >= 15 is 0 Å². The second kappa shape index (κ2) is 8.10. The predicted molar refractivity (Wildman–Crippen MR) is 106 cm³/mol. The summed E-state index contributed by atoms with van der Waals surface area (Å²) in [5, 5.41) is 3.70. The number of hydrogen-bond acceptors (Lipinski definition) is 4. The zero-order chi connectivity index (χ0) is 18.5. The number of nitrogens with zero attached hydrogens (tertiary/aromatic N) is 2. The van der Waals surface area contributed by atoms with Crippen LogP contribution in [0.3, 0.4) is 0 Å². The Morgan fingerprint density at radius 1 is 1.15 bits per heavy atom. The van der Waals surface area contributed by atoms with E-state index in [0.717, 1.165) is 33.4 Å². The number of methoxy groups -OCH3 is 1. The summed E-state index contributed by atoms with van der Waals surface area (Å²) >= 11 is 1.42. The Balaban J connectivity index is 1.62. The quantitative estimate of drug-likeness (QED) is 0.666.